The topological polar surface area (TPSA) is 69.7 Å². The van der Waals surface area contributed by atoms with Crippen molar-refractivity contribution in [3.05, 3.63) is 0 Å². The maximum atomic E-state index is 12.4. The summed E-state index contributed by atoms with van der Waals surface area (Å²) in [5.74, 6) is 0.915. The van der Waals surface area contributed by atoms with Gasteiger partial charge in [0.05, 0.1) is 11.8 Å². The molecule has 1 unspecified atom stereocenters. The zero-order valence-electron chi connectivity index (χ0n) is 14.0. The van der Waals surface area contributed by atoms with Crippen molar-refractivity contribution >= 4 is 15.9 Å². The Morgan fingerprint density at radius 3 is 2.43 bits per heavy atom. The largest absolute Gasteiger partial charge is 0.342 e. The van der Waals surface area contributed by atoms with E-state index in [0.29, 0.717) is 13.1 Å². The molecule has 2 saturated heterocycles. The van der Waals surface area contributed by atoms with Gasteiger partial charge in [0.2, 0.25) is 15.9 Å². The van der Waals surface area contributed by atoms with Gasteiger partial charge in [-0.1, -0.05) is 6.92 Å². The van der Waals surface area contributed by atoms with Gasteiger partial charge in [-0.05, 0) is 51.0 Å². The van der Waals surface area contributed by atoms with E-state index in [-0.39, 0.29) is 17.2 Å². The monoisotopic (exact) mass is 343 g/mol. The molecular formula is C16H29N3O3S. The molecule has 1 N–H and O–H groups in total. The lowest BCUT2D eigenvalue weighted by Crippen LogP contribution is -2.51. The summed E-state index contributed by atoms with van der Waals surface area (Å²) in [4.78, 5) is 16.5. The molecule has 1 amide bonds. The number of carbonyl (C=O) groups excluding carboxylic acids is 1. The van der Waals surface area contributed by atoms with Crippen molar-refractivity contribution in [3.8, 4) is 0 Å². The molecule has 7 heteroatoms. The predicted molar refractivity (Wildman–Crippen MR) is 89.5 cm³/mol. The Bertz CT molecular complexity index is 525. The van der Waals surface area contributed by atoms with Gasteiger partial charge in [0, 0.05) is 25.7 Å². The van der Waals surface area contributed by atoms with Gasteiger partial charge < -0.3 is 4.90 Å². The van der Waals surface area contributed by atoms with Crippen molar-refractivity contribution in [3.63, 3.8) is 0 Å². The number of nitrogens with one attached hydrogen (secondary N) is 1. The number of nitrogens with zero attached hydrogens (tertiary/aromatic N) is 2. The maximum Gasteiger partial charge on any atom is 0.236 e. The average molecular weight is 343 g/mol. The molecule has 0 aromatic carbocycles. The van der Waals surface area contributed by atoms with Crippen molar-refractivity contribution in [1.29, 1.82) is 0 Å². The molecule has 2 aliphatic heterocycles. The molecule has 23 heavy (non-hydrogen) atoms. The van der Waals surface area contributed by atoms with Crippen molar-refractivity contribution in [2.75, 3.05) is 32.7 Å². The number of amides is 1. The zero-order valence-corrected chi connectivity index (χ0v) is 14.9. The van der Waals surface area contributed by atoms with E-state index in [1.165, 1.54) is 0 Å². The molecule has 1 saturated carbocycles. The molecule has 0 radical (unpaired) electrons. The lowest BCUT2D eigenvalue weighted by molar-refractivity contribution is -0.134. The fourth-order valence-electron chi connectivity index (χ4n) is 3.55. The van der Waals surface area contributed by atoms with Gasteiger partial charge in [-0.2, -0.15) is 0 Å². The second-order valence-electron chi connectivity index (χ2n) is 7.50. The molecule has 3 rings (SSSR count). The van der Waals surface area contributed by atoms with Crippen LogP contribution in [-0.4, -0.2) is 68.1 Å². The van der Waals surface area contributed by atoms with E-state index >= 15 is 0 Å². The minimum atomic E-state index is -3.14. The molecule has 0 aromatic rings. The number of sulfonamides is 1. The van der Waals surface area contributed by atoms with Crippen LogP contribution in [0.5, 0.6) is 0 Å². The highest BCUT2D eigenvalue weighted by molar-refractivity contribution is 7.90. The summed E-state index contributed by atoms with van der Waals surface area (Å²) in [6, 6.07) is -0.0384. The van der Waals surface area contributed by atoms with Gasteiger partial charge in [0.25, 0.3) is 0 Å². The summed E-state index contributed by atoms with van der Waals surface area (Å²) >= 11 is 0. The second-order valence-corrected chi connectivity index (χ2v) is 9.49. The van der Waals surface area contributed by atoms with Gasteiger partial charge in [0.15, 0.2) is 0 Å². The third kappa shape index (κ3) is 4.67. The van der Waals surface area contributed by atoms with Crippen LogP contribution >= 0.6 is 0 Å². The summed E-state index contributed by atoms with van der Waals surface area (Å²) in [5, 5.41) is -0.171. The first kappa shape index (κ1) is 17.2. The van der Waals surface area contributed by atoms with Gasteiger partial charge in [-0.3, -0.25) is 9.69 Å². The Balaban J connectivity index is 1.47. The molecule has 1 aliphatic carbocycles. The Morgan fingerprint density at radius 1 is 1.09 bits per heavy atom. The van der Waals surface area contributed by atoms with Crippen molar-refractivity contribution in [2.45, 2.75) is 56.7 Å². The number of hydrogen-bond acceptors (Lipinski definition) is 4. The third-order valence-electron chi connectivity index (χ3n) is 5.29. The first-order valence-electron chi connectivity index (χ1n) is 8.95. The van der Waals surface area contributed by atoms with Gasteiger partial charge in [-0.25, -0.2) is 13.1 Å². The zero-order chi connectivity index (χ0) is 16.4. The number of carbonyl (C=O) groups is 1. The van der Waals surface area contributed by atoms with Crippen LogP contribution in [0.25, 0.3) is 0 Å². The Labute approximate surface area is 139 Å². The highest BCUT2D eigenvalue weighted by Crippen LogP contribution is 2.28. The summed E-state index contributed by atoms with van der Waals surface area (Å²) in [6.07, 6.45) is 5.58. The summed E-state index contributed by atoms with van der Waals surface area (Å²) in [6.45, 7) is 5.94. The summed E-state index contributed by atoms with van der Waals surface area (Å²) in [7, 11) is -3.14. The summed E-state index contributed by atoms with van der Waals surface area (Å²) < 4.78 is 27.0. The molecule has 3 fully saturated rings. The van der Waals surface area contributed by atoms with Crippen LogP contribution in [0.4, 0.5) is 0 Å². The van der Waals surface area contributed by atoms with Crippen molar-refractivity contribution in [1.82, 2.24) is 14.5 Å². The van der Waals surface area contributed by atoms with Crippen molar-refractivity contribution < 1.29 is 13.2 Å². The van der Waals surface area contributed by atoms with Crippen LogP contribution in [0.3, 0.4) is 0 Å². The van der Waals surface area contributed by atoms with Crippen LogP contribution < -0.4 is 4.72 Å². The lowest BCUT2D eigenvalue weighted by Gasteiger charge is -2.35. The lowest BCUT2D eigenvalue weighted by atomic mass is 9.99. The fraction of sp³-hybridized carbons (Fsp3) is 0.938. The van der Waals surface area contributed by atoms with Crippen LogP contribution in [-0.2, 0) is 14.8 Å². The molecule has 1 atom stereocenters. The highest BCUT2D eigenvalue weighted by atomic mass is 32.2. The first-order valence-corrected chi connectivity index (χ1v) is 10.5. The number of likely N-dealkylation sites (tertiary alicyclic amines) is 2. The van der Waals surface area contributed by atoms with Crippen LogP contribution in [0.15, 0.2) is 0 Å². The fourth-order valence-corrected chi connectivity index (χ4v) is 5.16. The number of rotatable bonds is 5. The van der Waals surface area contributed by atoms with Crippen LogP contribution in [0.2, 0.25) is 0 Å². The standard InChI is InChI=1S/C16H29N3O3S/c1-13-6-9-19(10-7-13)16(20)12-18-8-2-3-14(11-18)17-23(21,22)15-4-5-15/h13-15,17H,2-12H2,1H3. The normalized spacial score (nSPS) is 28.0. The van der Waals surface area contributed by atoms with E-state index in [9.17, 15) is 13.2 Å². The Morgan fingerprint density at radius 2 is 1.78 bits per heavy atom. The predicted octanol–water partition coefficient (Wildman–Crippen LogP) is 0.791. The number of piperidine rings is 2. The molecule has 0 spiro atoms. The Hall–Kier alpha value is -0.660. The third-order valence-corrected chi connectivity index (χ3v) is 7.31. The average Bonchev–Trinajstić information content (AvgIpc) is 3.33. The van der Waals surface area contributed by atoms with Crippen LogP contribution in [0.1, 0.15) is 45.4 Å². The molecule has 3 aliphatic rings. The molecule has 0 aromatic heterocycles. The van der Waals surface area contributed by atoms with E-state index in [1.54, 1.807) is 0 Å². The van der Waals surface area contributed by atoms with Crippen LogP contribution in [0, 0.1) is 5.92 Å². The molecule has 6 nitrogen and oxygen atoms in total. The molecule has 132 valence electrons. The minimum absolute atomic E-state index is 0.0384. The van der Waals surface area contributed by atoms with E-state index in [1.807, 2.05) is 4.90 Å². The van der Waals surface area contributed by atoms with E-state index in [2.05, 4.69) is 16.5 Å². The minimum Gasteiger partial charge on any atom is -0.342 e. The van der Waals surface area contributed by atoms with Gasteiger partial charge in [-0.15, -0.1) is 0 Å². The summed E-state index contributed by atoms with van der Waals surface area (Å²) in [5.41, 5.74) is 0. The van der Waals surface area contributed by atoms with E-state index < -0.39 is 10.0 Å². The van der Waals surface area contributed by atoms with Gasteiger partial charge in [0.1, 0.15) is 0 Å². The number of hydrogen-bond donors (Lipinski definition) is 1. The Kier molecular flexibility index (Phi) is 5.28. The quantitative estimate of drug-likeness (QED) is 0.801. The molecular weight excluding hydrogens is 314 g/mol. The second kappa shape index (κ2) is 7.07. The smallest absolute Gasteiger partial charge is 0.236 e. The molecule has 0 bridgehead atoms. The highest BCUT2D eigenvalue weighted by Gasteiger charge is 2.37. The van der Waals surface area contributed by atoms with Crippen molar-refractivity contribution in [2.24, 2.45) is 5.92 Å². The van der Waals surface area contributed by atoms with E-state index in [0.717, 1.165) is 64.1 Å². The molecule has 2 heterocycles. The SMILES string of the molecule is CC1CCN(C(=O)CN2CCCC(NS(=O)(=O)C3CC3)C2)CC1. The maximum absolute atomic E-state index is 12.4. The van der Waals surface area contributed by atoms with Gasteiger partial charge >= 0.3 is 0 Å². The first-order chi connectivity index (χ1) is 10.9. The van der Waals surface area contributed by atoms with E-state index in [4.69, 9.17) is 0 Å².